The number of allylic oxidation sites excluding steroid dienone is 1. The number of aliphatic hydroxyl groups is 1. The van der Waals surface area contributed by atoms with Crippen molar-refractivity contribution in [2.75, 3.05) is 13.7 Å². The molecule has 2 aromatic rings. The molecule has 1 aliphatic carbocycles. The minimum Gasteiger partial charge on any atom is -0.497 e. The molecule has 1 unspecified atom stereocenters. The molecule has 0 amide bonds. The maximum absolute atomic E-state index is 10.7. The van der Waals surface area contributed by atoms with Gasteiger partial charge in [0.05, 0.1) is 13.7 Å². The summed E-state index contributed by atoms with van der Waals surface area (Å²) in [6.07, 6.45) is 6.58. The number of hydrogen-bond acceptors (Lipinski definition) is 4. The second-order valence-corrected chi connectivity index (χ2v) is 8.94. The van der Waals surface area contributed by atoms with Crippen LogP contribution in [0.3, 0.4) is 0 Å². The summed E-state index contributed by atoms with van der Waals surface area (Å²) in [7, 11) is 1.67. The Morgan fingerprint density at radius 1 is 1.06 bits per heavy atom. The van der Waals surface area contributed by atoms with Crippen LogP contribution >= 0.6 is 11.8 Å². The van der Waals surface area contributed by atoms with Crippen molar-refractivity contribution in [3.05, 3.63) is 82.8 Å². The van der Waals surface area contributed by atoms with Crippen molar-refractivity contribution >= 4 is 11.8 Å². The summed E-state index contributed by atoms with van der Waals surface area (Å²) < 4.78 is 11.5. The van der Waals surface area contributed by atoms with E-state index in [1.54, 1.807) is 18.9 Å². The van der Waals surface area contributed by atoms with Crippen molar-refractivity contribution in [3.63, 3.8) is 0 Å². The minimum atomic E-state index is -0.840. The Morgan fingerprint density at radius 2 is 1.81 bits per heavy atom. The van der Waals surface area contributed by atoms with Crippen molar-refractivity contribution in [2.45, 2.75) is 48.7 Å². The number of hydrogen-bond donors (Lipinski definition) is 1. The lowest BCUT2D eigenvalue weighted by Gasteiger charge is -2.26. The fourth-order valence-corrected chi connectivity index (χ4v) is 4.83. The van der Waals surface area contributed by atoms with Crippen LogP contribution in [0.4, 0.5) is 0 Å². The molecule has 2 fully saturated rings. The Morgan fingerprint density at radius 3 is 2.52 bits per heavy atom. The normalized spacial score (nSPS) is 22.8. The number of rotatable bonds is 4. The van der Waals surface area contributed by atoms with E-state index in [1.807, 2.05) is 48.5 Å². The molecule has 160 valence electrons. The molecule has 31 heavy (non-hydrogen) atoms. The first kappa shape index (κ1) is 21.8. The van der Waals surface area contributed by atoms with Crippen LogP contribution in [0.25, 0.3) is 0 Å². The van der Waals surface area contributed by atoms with E-state index in [0.717, 1.165) is 48.1 Å². The van der Waals surface area contributed by atoms with Gasteiger partial charge in [0, 0.05) is 4.90 Å². The van der Waals surface area contributed by atoms with E-state index in [4.69, 9.17) is 9.47 Å². The molecule has 1 aliphatic heterocycles. The summed E-state index contributed by atoms with van der Waals surface area (Å²) in [4.78, 5) is 1.18. The molecule has 1 saturated carbocycles. The van der Waals surface area contributed by atoms with Crippen molar-refractivity contribution in [3.8, 4) is 17.6 Å². The summed E-state index contributed by atoms with van der Waals surface area (Å²) in [5.41, 5.74) is 2.43. The van der Waals surface area contributed by atoms with Gasteiger partial charge in [-0.3, -0.25) is 0 Å². The molecule has 0 aromatic heterocycles. The Hall–Kier alpha value is -2.45. The SMILES string of the molecule is COc1ccc(C2OCC(=C\C#CC3(O)CCCCC3)/C2=C\Sc2ccccc2)cc1. The Kier molecular flexibility index (Phi) is 7.19. The van der Waals surface area contributed by atoms with Gasteiger partial charge in [-0.2, -0.15) is 0 Å². The highest BCUT2D eigenvalue weighted by atomic mass is 32.2. The first-order valence-corrected chi connectivity index (χ1v) is 11.7. The van der Waals surface area contributed by atoms with Crippen LogP contribution in [0.1, 0.15) is 43.8 Å². The average Bonchev–Trinajstić information content (AvgIpc) is 3.21. The van der Waals surface area contributed by atoms with Gasteiger partial charge in [-0.05, 0) is 78.1 Å². The topological polar surface area (TPSA) is 38.7 Å². The van der Waals surface area contributed by atoms with Crippen molar-refractivity contribution in [1.29, 1.82) is 0 Å². The van der Waals surface area contributed by atoms with Crippen LogP contribution in [0.5, 0.6) is 5.75 Å². The van der Waals surface area contributed by atoms with Gasteiger partial charge in [-0.25, -0.2) is 0 Å². The largest absolute Gasteiger partial charge is 0.497 e. The molecule has 0 bridgehead atoms. The van der Waals surface area contributed by atoms with Gasteiger partial charge in [-0.1, -0.05) is 60.4 Å². The molecule has 4 heteroatoms. The summed E-state index contributed by atoms with van der Waals surface area (Å²) in [5, 5.41) is 12.8. The van der Waals surface area contributed by atoms with Crippen LogP contribution in [-0.2, 0) is 4.74 Å². The second kappa shape index (κ2) is 10.2. The lowest BCUT2D eigenvalue weighted by molar-refractivity contribution is 0.0610. The smallest absolute Gasteiger partial charge is 0.125 e. The lowest BCUT2D eigenvalue weighted by Crippen LogP contribution is -2.29. The predicted octanol–water partition coefficient (Wildman–Crippen LogP) is 6.07. The highest BCUT2D eigenvalue weighted by Crippen LogP contribution is 2.40. The third-order valence-electron chi connectivity index (χ3n) is 5.77. The van der Waals surface area contributed by atoms with Gasteiger partial charge < -0.3 is 14.6 Å². The van der Waals surface area contributed by atoms with E-state index < -0.39 is 5.60 Å². The van der Waals surface area contributed by atoms with E-state index in [2.05, 4.69) is 29.4 Å². The molecule has 1 N–H and O–H groups in total. The second-order valence-electron chi connectivity index (χ2n) is 8.00. The zero-order valence-electron chi connectivity index (χ0n) is 17.8. The number of benzene rings is 2. The Balaban J connectivity index is 1.60. The lowest BCUT2D eigenvalue weighted by atomic mass is 9.85. The fraction of sp³-hybridized carbons (Fsp3) is 0.333. The Labute approximate surface area is 189 Å². The quantitative estimate of drug-likeness (QED) is 0.470. The van der Waals surface area contributed by atoms with Gasteiger partial charge >= 0.3 is 0 Å². The zero-order chi connectivity index (χ0) is 21.5. The molecular formula is C27H28O3S. The maximum atomic E-state index is 10.7. The fourth-order valence-electron chi connectivity index (χ4n) is 3.98. The van der Waals surface area contributed by atoms with Crippen LogP contribution < -0.4 is 4.74 Å². The Bertz CT molecular complexity index is 990. The van der Waals surface area contributed by atoms with Crippen LogP contribution in [-0.4, -0.2) is 24.4 Å². The molecule has 2 aromatic carbocycles. The summed E-state index contributed by atoms with van der Waals surface area (Å²) in [6.45, 7) is 0.505. The number of ether oxygens (including phenoxy) is 2. The highest BCUT2D eigenvalue weighted by Gasteiger charge is 2.29. The third kappa shape index (κ3) is 5.62. The van der Waals surface area contributed by atoms with Crippen LogP contribution in [0, 0.1) is 11.8 Å². The molecule has 1 heterocycles. The van der Waals surface area contributed by atoms with Crippen molar-refractivity contribution in [1.82, 2.24) is 0 Å². The van der Waals surface area contributed by atoms with E-state index in [-0.39, 0.29) is 6.10 Å². The molecular weight excluding hydrogens is 404 g/mol. The third-order valence-corrected chi connectivity index (χ3v) is 6.69. The zero-order valence-corrected chi connectivity index (χ0v) is 18.7. The molecule has 0 spiro atoms. The number of thioether (sulfide) groups is 1. The van der Waals surface area contributed by atoms with Gasteiger partial charge in [0.1, 0.15) is 17.5 Å². The van der Waals surface area contributed by atoms with Crippen LogP contribution in [0.15, 0.2) is 82.1 Å². The van der Waals surface area contributed by atoms with E-state index in [9.17, 15) is 5.11 Å². The first-order chi connectivity index (χ1) is 15.2. The van der Waals surface area contributed by atoms with E-state index in [0.29, 0.717) is 6.61 Å². The predicted molar refractivity (Wildman–Crippen MR) is 126 cm³/mol. The standard InChI is InChI=1S/C27H28O3S/c1-29-23-14-12-21(13-15-23)26-25(20-31-24-10-4-2-5-11-24)22(19-30-26)9-8-18-27(28)16-6-3-7-17-27/h2,4-5,9-15,20,26,28H,3,6-7,16-17,19H2,1H3/b22-9+,25-20+. The van der Waals surface area contributed by atoms with Gasteiger partial charge in [0.2, 0.25) is 0 Å². The van der Waals surface area contributed by atoms with Crippen LogP contribution in [0.2, 0.25) is 0 Å². The summed E-state index contributed by atoms with van der Waals surface area (Å²) in [6, 6.07) is 18.3. The van der Waals surface area contributed by atoms with Gasteiger partial charge in [0.25, 0.3) is 0 Å². The van der Waals surface area contributed by atoms with E-state index >= 15 is 0 Å². The average molecular weight is 433 g/mol. The number of methoxy groups -OCH3 is 1. The van der Waals surface area contributed by atoms with E-state index in [1.165, 1.54) is 11.3 Å². The minimum absolute atomic E-state index is 0.145. The van der Waals surface area contributed by atoms with Gasteiger partial charge in [-0.15, -0.1) is 0 Å². The van der Waals surface area contributed by atoms with Gasteiger partial charge in [0.15, 0.2) is 0 Å². The molecule has 3 nitrogen and oxygen atoms in total. The summed E-state index contributed by atoms with van der Waals surface area (Å²) in [5.74, 6) is 7.08. The molecule has 1 saturated heterocycles. The summed E-state index contributed by atoms with van der Waals surface area (Å²) >= 11 is 1.68. The maximum Gasteiger partial charge on any atom is 0.125 e. The molecule has 1 atom stereocenters. The highest BCUT2D eigenvalue weighted by molar-refractivity contribution is 8.02. The monoisotopic (exact) mass is 432 g/mol. The molecule has 0 radical (unpaired) electrons. The first-order valence-electron chi connectivity index (χ1n) is 10.8. The molecule has 2 aliphatic rings. The van der Waals surface area contributed by atoms with Crippen molar-refractivity contribution < 1.29 is 14.6 Å². The molecule has 4 rings (SSSR count). The van der Waals surface area contributed by atoms with Crippen molar-refractivity contribution in [2.24, 2.45) is 0 Å².